The van der Waals surface area contributed by atoms with Crippen LogP contribution < -0.4 is 5.32 Å². The second kappa shape index (κ2) is 5.59. The van der Waals surface area contributed by atoms with Crippen LogP contribution in [-0.2, 0) is 0 Å². The molecule has 1 heterocycles. The first kappa shape index (κ1) is 13.2. The molecule has 1 N–H and O–H groups in total. The van der Waals surface area contributed by atoms with Gasteiger partial charge in [0.2, 0.25) is 5.95 Å². The number of aryl methyl sites for hydroxylation is 2. The summed E-state index contributed by atoms with van der Waals surface area (Å²) in [6.45, 7) is 4.17. The van der Waals surface area contributed by atoms with Gasteiger partial charge >= 0.3 is 0 Å². The zero-order chi connectivity index (χ0) is 13.1. The van der Waals surface area contributed by atoms with Crippen LogP contribution in [0.5, 0.6) is 0 Å². The minimum absolute atomic E-state index is 0.568. The van der Waals surface area contributed by atoms with Crippen molar-refractivity contribution < 1.29 is 0 Å². The van der Waals surface area contributed by atoms with Crippen LogP contribution in [-0.4, -0.2) is 17.0 Å². The molecule has 0 spiro atoms. The van der Waals surface area contributed by atoms with Gasteiger partial charge in [0.1, 0.15) is 5.03 Å². The van der Waals surface area contributed by atoms with Crippen molar-refractivity contribution in [3.8, 4) is 0 Å². The summed E-state index contributed by atoms with van der Waals surface area (Å²) in [6.07, 6.45) is 1.62. The lowest BCUT2D eigenvalue weighted by atomic mass is 10.2. The van der Waals surface area contributed by atoms with E-state index in [1.54, 1.807) is 25.0 Å². The van der Waals surface area contributed by atoms with E-state index in [-0.39, 0.29) is 0 Å². The van der Waals surface area contributed by atoms with Gasteiger partial charge in [-0.25, -0.2) is 9.97 Å². The fourth-order valence-electron chi connectivity index (χ4n) is 1.56. The second-order valence-corrected chi connectivity index (χ2v) is 5.41. The molecule has 0 saturated carbocycles. The predicted octanol–water partition coefficient (Wildman–Crippen LogP) is 3.94. The van der Waals surface area contributed by atoms with Crippen molar-refractivity contribution in [2.45, 2.75) is 23.8 Å². The lowest BCUT2D eigenvalue weighted by Gasteiger charge is -2.08. The second-order valence-electron chi connectivity index (χ2n) is 3.97. The van der Waals surface area contributed by atoms with Gasteiger partial charge in [-0.1, -0.05) is 41.1 Å². The van der Waals surface area contributed by atoms with E-state index in [9.17, 15) is 0 Å². The number of nitrogens with one attached hydrogen (secondary N) is 1. The minimum atomic E-state index is 0.568. The maximum Gasteiger partial charge on any atom is 0.223 e. The highest BCUT2D eigenvalue weighted by molar-refractivity contribution is 7.99. The van der Waals surface area contributed by atoms with E-state index in [0.717, 1.165) is 9.92 Å². The Morgan fingerprint density at radius 3 is 2.72 bits per heavy atom. The van der Waals surface area contributed by atoms with E-state index >= 15 is 0 Å². The van der Waals surface area contributed by atoms with Gasteiger partial charge in [-0.05, 0) is 25.5 Å². The summed E-state index contributed by atoms with van der Waals surface area (Å²) < 4.78 is 0. The first-order valence-corrected chi connectivity index (χ1v) is 6.75. The molecule has 0 unspecified atom stereocenters. The van der Waals surface area contributed by atoms with E-state index in [4.69, 9.17) is 11.6 Å². The number of anilines is 1. The molecule has 94 valence electrons. The third-order valence-electron chi connectivity index (χ3n) is 2.47. The topological polar surface area (TPSA) is 37.8 Å². The van der Waals surface area contributed by atoms with Crippen molar-refractivity contribution in [2.75, 3.05) is 12.4 Å². The van der Waals surface area contributed by atoms with Crippen molar-refractivity contribution in [1.29, 1.82) is 0 Å². The van der Waals surface area contributed by atoms with Crippen molar-refractivity contribution in [3.63, 3.8) is 0 Å². The van der Waals surface area contributed by atoms with Gasteiger partial charge in [0, 0.05) is 11.9 Å². The van der Waals surface area contributed by atoms with Gasteiger partial charge in [0.05, 0.1) is 11.2 Å². The highest BCUT2D eigenvalue weighted by Crippen LogP contribution is 2.33. The fourth-order valence-corrected chi connectivity index (χ4v) is 2.61. The van der Waals surface area contributed by atoms with E-state index in [2.05, 4.69) is 47.3 Å². The lowest BCUT2D eigenvalue weighted by Crippen LogP contribution is -1.97. The first-order chi connectivity index (χ1) is 8.60. The number of benzene rings is 1. The molecule has 2 rings (SSSR count). The van der Waals surface area contributed by atoms with E-state index in [1.165, 1.54) is 11.1 Å². The Balaban J connectivity index is 2.33. The van der Waals surface area contributed by atoms with Crippen LogP contribution >= 0.6 is 23.4 Å². The molecule has 0 bridgehead atoms. The molecule has 0 atom stereocenters. The van der Waals surface area contributed by atoms with Crippen LogP contribution in [0.25, 0.3) is 0 Å². The SMILES string of the molecule is CNc1ncc(Cl)c(Sc2ccc(C)cc2C)n1. The summed E-state index contributed by atoms with van der Waals surface area (Å²) in [5.74, 6) is 0.576. The van der Waals surface area contributed by atoms with Gasteiger partial charge in [-0.15, -0.1) is 0 Å². The van der Waals surface area contributed by atoms with Gasteiger partial charge in [0.15, 0.2) is 0 Å². The van der Waals surface area contributed by atoms with Crippen molar-refractivity contribution in [3.05, 3.63) is 40.5 Å². The molecule has 5 heteroatoms. The van der Waals surface area contributed by atoms with Crippen molar-refractivity contribution in [2.24, 2.45) is 0 Å². The van der Waals surface area contributed by atoms with Crippen LogP contribution in [0.4, 0.5) is 5.95 Å². The van der Waals surface area contributed by atoms with Gasteiger partial charge in [-0.3, -0.25) is 0 Å². The Labute approximate surface area is 116 Å². The largest absolute Gasteiger partial charge is 0.357 e. The molecule has 0 aliphatic heterocycles. The lowest BCUT2D eigenvalue weighted by molar-refractivity contribution is 1.04. The number of hydrogen-bond donors (Lipinski definition) is 1. The number of nitrogens with zero attached hydrogens (tertiary/aromatic N) is 2. The van der Waals surface area contributed by atoms with Crippen LogP contribution in [0.3, 0.4) is 0 Å². The van der Waals surface area contributed by atoms with E-state index in [0.29, 0.717) is 11.0 Å². The van der Waals surface area contributed by atoms with Crippen molar-refractivity contribution in [1.82, 2.24) is 9.97 Å². The number of aromatic nitrogens is 2. The first-order valence-electron chi connectivity index (χ1n) is 5.55. The Morgan fingerprint density at radius 1 is 1.28 bits per heavy atom. The molecule has 1 aromatic carbocycles. The molecule has 0 amide bonds. The molecule has 1 aromatic heterocycles. The summed E-state index contributed by atoms with van der Waals surface area (Å²) in [4.78, 5) is 9.58. The Hall–Kier alpha value is -1.26. The van der Waals surface area contributed by atoms with Crippen LogP contribution in [0.2, 0.25) is 5.02 Å². The minimum Gasteiger partial charge on any atom is -0.357 e. The highest BCUT2D eigenvalue weighted by atomic mass is 35.5. The molecular formula is C13H14ClN3S. The summed E-state index contributed by atoms with van der Waals surface area (Å²) in [6, 6.07) is 6.33. The normalized spacial score (nSPS) is 10.4. The smallest absolute Gasteiger partial charge is 0.223 e. The predicted molar refractivity (Wildman–Crippen MR) is 76.6 cm³/mol. The zero-order valence-corrected chi connectivity index (χ0v) is 12.1. The monoisotopic (exact) mass is 279 g/mol. The zero-order valence-electron chi connectivity index (χ0n) is 10.5. The van der Waals surface area contributed by atoms with Crippen LogP contribution in [0, 0.1) is 13.8 Å². The molecule has 0 radical (unpaired) electrons. The summed E-state index contributed by atoms with van der Waals surface area (Å²) in [7, 11) is 1.79. The Morgan fingerprint density at radius 2 is 2.06 bits per heavy atom. The molecule has 0 fully saturated rings. The average molecular weight is 280 g/mol. The van der Waals surface area contributed by atoms with E-state index in [1.807, 2.05) is 0 Å². The van der Waals surface area contributed by atoms with Gasteiger partial charge < -0.3 is 5.32 Å². The Bertz CT molecular complexity index is 572. The van der Waals surface area contributed by atoms with Gasteiger partial charge in [-0.2, -0.15) is 0 Å². The molecule has 18 heavy (non-hydrogen) atoms. The molecular weight excluding hydrogens is 266 g/mol. The Kier molecular flexibility index (Phi) is 4.09. The summed E-state index contributed by atoms with van der Waals surface area (Å²) >= 11 is 7.67. The fraction of sp³-hybridized carbons (Fsp3) is 0.231. The number of rotatable bonds is 3. The molecule has 0 saturated heterocycles. The molecule has 0 aliphatic carbocycles. The van der Waals surface area contributed by atoms with Crippen molar-refractivity contribution >= 4 is 29.3 Å². The maximum atomic E-state index is 6.11. The number of halogens is 1. The number of hydrogen-bond acceptors (Lipinski definition) is 4. The van der Waals surface area contributed by atoms with E-state index < -0.39 is 0 Å². The van der Waals surface area contributed by atoms with Gasteiger partial charge in [0.25, 0.3) is 0 Å². The standard InChI is InChI=1S/C13H14ClN3S/c1-8-4-5-11(9(2)6-8)18-12-10(14)7-16-13(15-3)17-12/h4-7H,1-3H3,(H,15,16,17). The quantitative estimate of drug-likeness (QED) is 0.864. The third-order valence-corrected chi connectivity index (χ3v) is 4.04. The molecule has 2 aromatic rings. The van der Waals surface area contributed by atoms with Crippen LogP contribution in [0.1, 0.15) is 11.1 Å². The van der Waals surface area contributed by atoms with Crippen LogP contribution in [0.15, 0.2) is 34.3 Å². The summed E-state index contributed by atoms with van der Waals surface area (Å²) in [5, 5.41) is 4.25. The highest BCUT2D eigenvalue weighted by Gasteiger charge is 2.08. The maximum absolute atomic E-state index is 6.11. The average Bonchev–Trinajstić information content (AvgIpc) is 2.35. The molecule has 3 nitrogen and oxygen atoms in total. The summed E-state index contributed by atoms with van der Waals surface area (Å²) in [5.41, 5.74) is 2.47. The molecule has 0 aliphatic rings. The third kappa shape index (κ3) is 2.94.